The Balaban J connectivity index is 1.45. The number of imide groups is 1. The molecule has 3 amide bonds. The summed E-state index contributed by atoms with van der Waals surface area (Å²) in [6.07, 6.45) is 6.96. The van der Waals surface area contributed by atoms with Crippen molar-refractivity contribution >= 4 is 34.9 Å². The molecular weight excluding hydrogens is 383 g/mol. The molecule has 0 spiro atoms. The fourth-order valence-electron chi connectivity index (χ4n) is 3.21. The van der Waals surface area contributed by atoms with E-state index in [-0.39, 0.29) is 42.2 Å². The highest BCUT2D eigenvalue weighted by Crippen LogP contribution is 2.32. The molecule has 1 N–H and O–H groups in total. The summed E-state index contributed by atoms with van der Waals surface area (Å²) in [6, 6.07) is 6.04. The zero-order chi connectivity index (χ0) is 19.9. The van der Waals surface area contributed by atoms with E-state index in [9.17, 15) is 18.8 Å². The quantitative estimate of drug-likeness (QED) is 0.703. The second kappa shape index (κ2) is 9.84. The van der Waals surface area contributed by atoms with Crippen LogP contribution in [0.2, 0.25) is 0 Å². The molecule has 0 bridgehead atoms. The normalized spacial score (nSPS) is 19.5. The number of nitrogens with one attached hydrogen (secondary N) is 1. The van der Waals surface area contributed by atoms with Crippen molar-refractivity contribution in [1.82, 2.24) is 10.2 Å². The van der Waals surface area contributed by atoms with Gasteiger partial charge in [-0.1, -0.05) is 37.5 Å². The lowest BCUT2D eigenvalue weighted by atomic mass is 9.98. The molecule has 2 fully saturated rings. The van der Waals surface area contributed by atoms with E-state index in [1.54, 1.807) is 12.1 Å². The molecule has 0 radical (unpaired) electrons. The van der Waals surface area contributed by atoms with Crippen molar-refractivity contribution in [2.75, 3.05) is 19.7 Å². The summed E-state index contributed by atoms with van der Waals surface area (Å²) in [4.78, 5) is 37.6. The Bertz CT molecular complexity index is 777. The van der Waals surface area contributed by atoms with Crippen LogP contribution in [0.4, 0.5) is 9.18 Å². The van der Waals surface area contributed by atoms with Gasteiger partial charge in [0, 0.05) is 18.7 Å². The maximum atomic E-state index is 13.7. The molecule has 1 aliphatic heterocycles. The second-order valence-electron chi connectivity index (χ2n) is 6.78. The highest BCUT2D eigenvalue weighted by atomic mass is 32.2. The van der Waals surface area contributed by atoms with Gasteiger partial charge in [0.1, 0.15) is 12.4 Å². The molecule has 1 saturated heterocycles. The summed E-state index contributed by atoms with van der Waals surface area (Å²) < 4.78 is 19.3. The average molecular weight is 406 g/mol. The van der Waals surface area contributed by atoms with Gasteiger partial charge in [-0.3, -0.25) is 19.3 Å². The van der Waals surface area contributed by atoms with Gasteiger partial charge in [0.15, 0.2) is 0 Å². The number of rotatable bonds is 7. The third-order valence-electron chi connectivity index (χ3n) is 4.73. The molecule has 1 heterocycles. The first-order valence-electron chi connectivity index (χ1n) is 9.43. The van der Waals surface area contributed by atoms with Gasteiger partial charge in [0.2, 0.25) is 5.91 Å². The molecule has 6 nitrogen and oxygen atoms in total. The van der Waals surface area contributed by atoms with Gasteiger partial charge in [0.05, 0.1) is 11.0 Å². The van der Waals surface area contributed by atoms with Crippen LogP contribution in [-0.2, 0) is 14.3 Å². The van der Waals surface area contributed by atoms with Gasteiger partial charge < -0.3 is 10.1 Å². The van der Waals surface area contributed by atoms with Crippen molar-refractivity contribution in [2.45, 2.75) is 38.2 Å². The maximum Gasteiger partial charge on any atom is 0.293 e. The predicted molar refractivity (Wildman–Crippen MR) is 105 cm³/mol. The predicted octanol–water partition coefficient (Wildman–Crippen LogP) is 3.33. The van der Waals surface area contributed by atoms with Gasteiger partial charge in [-0.25, -0.2) is 4.39 Å². The number of hydrogen-bond donors (Lipinski definition) is 1. The first kappa shape index (κ1) is 20.5. The summed E-state index contributed by atoms with van der Waals surface area (Å²) in [5.74, 6) is -1.20. The lowest BCUT2D eigenvalue weighted by molar-refractivity contribution is -0.129. The Morgan fingerprint density at radius 1 is 1.25 bits per heavy atom. The summed E-state index contributed by atoms with van der Waals surface area (Å²) in [6.45, 7) is 0.200. The summed E-state index contributed by atoms with van der Waals surface area (Å²) in [5.41, 5.74) is 0.251. The highest BCUT2D eigenvalue weighted by molar-refractivity contribution is 8.18. The number of carbonyl (C=O) groups excluding carboxylic acids is 3. The van der Waals surface area contributed by atoms with Crippen molar-refractivity contribution in [2.24, 2.45) is 0 Å². The molecule has 1 aliphatic carbocycles. The lowest BCUT2D eigenvalue weighted by Crippen LogP contribution is -2.39. The number of halogens is 1. The fraction of sp³-hybridized carbons (Fsp3) is 0.450. The van der Waals surface area contributed by atoms with Crippen molar-refractivity contribution in [3.63, 3.8) is 0 Å². The molecule has 8 heteroatoms. The number of carbonyl (C=O) groups is 3. The van der Waals surface area contributed by atoms with E-state index >= 15 is 0 Å². The first-order valence-corrected chi connectivity index (χ1v) is 10.2. The third-order valence-corrected chi connectivity index (χ3v) is 5.63. The van der Waals surface area contributed by atoms with Crippen molar-refractivity contribution < 1.29 is 23.5 Å². The maximum absolute atomic E-state index is 13.7. The molecule has 0 unspecified atom stereocenters. The van der Waals surface area contributed by atoms with Crippen molar-refractivity contribution in [1.29, 1.82) is 0 Å². The van der Waals surface area contributed by atoms with Crippen LogP contribution < -0.4 is 5.32 Å². The smallest absolute Gasteiger partial charge is 0.293 e. The van der Waals surface area contributed by atoms with E-state index in [2.05, 4.69) is 5.32 Å². The first-order chi connectivity index (χ1) is 13.5. The molecular formula is C20H23FN2O4S. The molecule has 1 aromatic carbocycles. The van der Waals surface area contributed by atoms with E-state index in [4.69, 9.17) is 4.74 Å². The number of thioether (sulfide) groups is 1. The summed E-state index contributed by atoms with van der Waals surface area (Å²) in [5, 5.41) is 2.23. The van der Waals surface area contributed by atoms with Crippen LogP contribution in [0.5, 0.6) is 0 Å². The molecule has 0 atom stereocenters. The second-order valence-corrected chi connectivity index (χ2v) is 7.77. The zero-order valence-corrected chi connectivity index (χ0v) is 16.3. The lowest BCUT2D eigenvalue weighted by Gasteiger charge is -2.21. The Labute approximate surface area is 167 Å². The van der Waals surface area contributed by atoms with Crippen molar-refractivity contribution in [3.05, 3.63) is 40.6 Å². The topological polar surface area (TPSA) is 75.7 Å². The van der Waals surface area contributed by atoms with Gasteiger partial charge in [-0.2, -0.15) is 0 Å². The molecule has 1 aromatic rings. The van der Waals surface area contributed by atoms with Crippen LogP contribution in [0.1, 0.15) is 37.7 Å². The molecule has 150 valence electrons. The standard InChI is InChI=1S/C20H23FN2O4S/c21-16-9-5-4-6-14(16)12-17-19(25)23(20(26)28-17)11-10-22-18(24)13-27-15-7-2-1-3-8-15/h4-6,9,12,15H,1-3,7-8,10-11,13H2,(H,22,24)/b17-12+. The van der Waals surface area contributed by atoms with E-state index in [1.807, 2.05) is 0 Å². The van der Waals surface area contributed by atoms with E-state index in [0.717, 1.165) is 42.3 Å². The Hall–Kier alpha value is -2.19. The van der Waals surface area contributed by atoms with Crippen LogP contribution in [0.3, 0.4) is 0 Å². The summed E-state index contributed by atoms with van der Waals surface area (Å²) in [7, 11) is 0. The minimum Gasteiger partial charge on any atom is -0.368 e. The van der Waals surface area contributed by atoms with Crippen LogP contribution in [0, 0.1) is 5.82 Å². The zero-order valence-electron chi connectivity index (χ0n) is 15.5. The number of ether oxygens (including phenoxy) is 1. The number of hydrogen-bond acceptors (Lipinski definition) is 5. The largest absolute Gasteiger partial charge is 0.368 e. The fourth-order valence-corrected chi connectivity index (χ4v) is 4.07. The highest BCUT2D eigenvalue weighted by Gasteiger charge is 2.34. The monoisotopic (exact) mass is 406 g/mol. The van der Waals surface area contributed by atoms with Gasteiger partial charge in [0.25, 0.3) is 11.1 Å². The number of amides is 3. The van der Waals surface area contributed by atoms with Crippen LogP contribution >= 0.6 is 11.8 Å². The van der Waals surface area contributed by atoms with E-state index in [0.29, 0.717) is 0 Å². The van der Waals surface area contributed by atoms with Gasteiger partial charge in [-0.15, -0.1) is 0 Å². The Kier molecular flexibility index (Phi) is 7.22. The van der Waals surface area contributed by atoms with E-state index in [1.165, 1.54) is 24.6 Å². The van der Waals surface area contributed by atoms with Gasteiger partial charge >= 0.3 is 0 Å². The minimum absolute atomic E-state index is 0.0141. The van der Waals surface area contributed by atoms with Crippen LogP contribution in [0.15, 0.2) is 29.2 Å². The SMILES string of the molecule is O=C(COC1CCCCC1)NCCN1C(=O)S/C(=C/c2ccccc2F)C1=O. The Morgan fingerprint density at radius 3 is 2.75 bits per heavy atom. The minimum atomic E-state index is -0.481. The number of nitrogens with zero attached hydrogens (tertiary/aromatic N) is 1. The van der Waals surface area contributed by atoms with Crippen molar-refractivity contribution in [3.8, 4) is 0 Å². The molecule has 2 aliphatic rings. The molecule has 0 aromatic heterocycles. The molecule has 1 saturated carbocycles. The molecule has 28 heavy (non-hydrogen) atoms. The van der Waals surface area contributed by atoms with Gasteiger partial charge in [-0.05, 0) is 36.7 Å². The Morgan fingerprint density at radius 2 is 2.00 bits per heavy atom. The average Bonchev–Trinajstić information content (AvgIpc) is 2.96. The summed E-state index contributed by atoms with van der Waals surface area (Å²) >= 11 is 0.768. The third kappa shape index (κ3) is 5.42. The number of benzene rings is 1. The van der Waals surface area contributed by atoms with Crippen LogP contribution in [-0.4, -0.2) is 47.8 Å². The van der Waals surface area contributed by atoms with E-state index < -0.39 is 17.0 Å². The van der Waals surface area contributed by atoms with Crippen LogP contribution in [0.25, 0.3) is 6.08 Å². The molecule has 3 rings (SSSR count).